The van der Waals surface area contributed by atoms with Crippen LogP contribution in [0.1, 0.15) is 44.9 Å². The van der Waals surface area contributed by atoms with Crippen molar-refractivity contribution < 1.29 is 4.74 Å². The molecule has 0 N–H and O–H groups in total. The standard InChI is InChI=1S/C32H37ClN6OS/c1-19-18-24-29(27(21-8-10-22(33)11-9-21)26(19)20(2)40-32(3,4)5)41-31(35-24)23-12-13-25-28(34-23)30(36-38(25)7)39-16-14-37(6)15-17-39/h8-13,18,20H,14-17H2,1-7H3/t20-/m1/s1. The normalized spacial score (nSPS) is 15.8. The van der Waals surface area contributed by atoms with Gasteiger partial charge in [-0.05, 0) is 88.7 Å². The Morgan fingerprint density at radius 2 is 1.68 bits per heavy atom. The molecule has 2 aromatic carbocycles. The van der Waals surface area contributed by atoms with Gasteiger partial charge in [0.2, 0.25) is 0 Å². The molecule has 41 heavy (non-hydrogen) atoms. The van der Waals surface area contributed by atoms with Crippen molar-refractivity contribution in [1.29, 1.82) is 0 Å². The maximum absolute atomic E-state index is 6.49. The highest BCUT2D eigenvalue weighted by Crippen LogP contribution is 2.44. The molecule has 6 rings (SSSR count). The summed E-state index contributed by atoms with van der Waals surface area (Å²) < 4.78 is 9.55. The van der Waals surface area contributed by atoms with Crippen LogP contribution in [0.2, 0.25) is 5.02 Å². The molecule has 0 aliphatic carbocycles. The highest BCUT2D eigenvalue weighted by Gasteiger charge is 2.26. The zero-order valence-electron chi connectivity index (χ0n) is 24.8. The monoisotopic (exact) mass is 588 g/mol. The number of nitrogens with zero attached hydrogens (tertiary/aromatic N) is 6. The van der Waals surface area contributed by atoms with Crippen LogP contribution in [0.4, 0.5) is 5.82 Å². The number of pyridine rings is 1. The fourth-order valence-electron chi connectivity index (χ4n) is 5.81. The molecular formula is C32H37ClN6OS. The lowest BCUT2D eigenvalue weighted by Gasteiger charge is -2.32. The Hall–Kier alpha value is -3.04. The third-order valence-corrected chi connectivity index (χ3v) is 9.06. The second-order valence-corrected chi connectivity index (χ2v) is 13.5. The van der Waals surface area contributed by atoms with E-state index in [1.807, 2.05) is 23.9 Å². The zero-order valence-corrected chi connectivity index (χ0v) is 26.4. The van der Waals surface area contributed by atoms with Crippen molar-refractivity contribution in [2.24, 2.45) is 7.05 Å². The molecule has 5 aromatic rings. The largest absolute Gasteiger partial charge is 0.368 e. The first-order chi connectivity index (χ1) is 19.5. The summed E-state index contributed by atoms with van der Waals surface area (Å²) in [6, 6.07) is 14.4. The Labute approximate surface area is 250 Å². The van der Waals surface area contributed by atoms with Crippen LogP contribution in [0.3, 0.4) is 0 Å². The van der Waals surface area contributed by atoms with E-state index in [2.05, 4.69) is 81.8 Å². The van der Waals surface area contributed by atoms with Gasteiger partial charge >= 0.3 is 0 Å². The number of rotatable bonds is 5. The van der Waals surface area contributed by atoms with Crippen LogP contribution in [0.15, 0.2) is 42.5 Å². The van der Waals surface area contributed by atoms with Crippen molar-refractivity contribution in [2.45, 2.75) is 46.3 Å². The zero-order chi connectivity index (χ0) is 29.1. The van der Waals surface area contributed by atoms with Crippen LogP contribution < -0.4 is 4.90 Å². The molecular weight excluding hydrogens is 552 g/mol. The number of fused-ring (bicyclic) bond motifs is 2. The lowest BCUT2D eigenvalue weighted by atomic mass is 9.92. The van der Waals surface area contributed by atoms with Gasteiger partial charge in [-0.15, -0.1) is 11.3 Å². The number of anilines is 1. The Balaban J connectivity index is 1.50. The van der Waals surface area contributed by atoms with E-state index < -0.39 is 0 Å². The second kappa shape index (κ2) is 10.7. The fraction of sp³-hybridized carbons (Fsp3) is 0.406. The van der Waals surface area contributed by atoms with Crippen LogP contribution in [0.5, 0.6) is 0 Å². The topological polar surface area (TPSA) is 59.3 Å². The van der Waals surface area contributed by atoms with Crippen molar-refractivity contribution in [1.82, 2.24) is 24.6 Å². The van der Waals surface area contributed by atoms with Gasteiger partial charge in [0.05, 0.1) is 33.1 Å². The average Bonchev–Trinajstić information content (AvgIpc) is 3.48. The molecule has 3 aromatic heterocycles. The lowest BCUT2D eigenvalue weighted by Crippen LogP contribution is -2.44. The predicted octanol–water partition coefficient (Wildman–Crippen LogP) is 7.50. The van der Waals surface area contributed by atoms with Gasteiger partial charge in [-0.1, -0.05) is 23.7 Å². The number of aryl methyl sites for hydroxylation is 2. The summed E-state index contributed by atoms with van der Waals surface area (Å²) in [5.41, 5.74) is 8.09. The van der Waals surface area contributed by atoms with Gasteiger partial charge in [0.1, 0.15) is 10.5 Å². The van der Waals surface area contributed by atoms with Crippen LogP contribution in [-0.4, -0.2) is 63.5 Å². The molecule has 0 saturated carbocycles. The number of thiazole rings is 1. The average molecular weight is 589 g/mol. The molecule has 1 saturated heterocycles. The van der Waals surface area contributed by atoms with E-state index in [0.29, 0.717) is 5.02 Å². The molecule has 7 nitrogen and oxygen atoms in total. The van der Waals surface area contributed by atoms with E-state index in [0.717, 1.165) is 80.6 Å². The van der Waals surface area contributed by atoms with Gasteiger partial charge in [0.25, 0.3) is 0 Å². The lowest BCUT2D eigenvalue weighted by molar-refractivity contribution is -0.0529. The molecule has 0 radical (unpaired) electrons. The second-order valence-electron chi connectivity index (χ2n) is 12.0. The van der Waals surface area contributed by atoms with Gasteiger partial charge in [-0.3, -0.25) is 4.68 Å². The quantitative estimate of drug-likeness (QED) is 0.212. The van der Waals surface area contributed by atoms with E-state index in [4.69, 9.17) is 31.4 Å². The Morgan fingerprint density at radius 3 is 2.37 bits per heavy atom. The Kier molecular flexibility index (Phi) is 7.30. The molecule has 1 atom stereocenters. The van der Waals surface area contributed by atoms with E-state index in [-0.39, 0.29) is 11.7 Å². The maximum Gasteiger partial charge on any atom is 0.177 e. The van der Waals surface area contributed by atoms with Crippen molar-refractivity contribution in [3.8, 4) is 21.8 Å². The van der Waals surface area contributed by atoms with Crippen molar-refractivity contribution in [3.05, 3.63) is 58.6 Å². The number of ether oxygens (including phenoxy) is 1. The number of likely N-dealkylation sites (N-methyl/N-ethyl adjacent to an activating group) is 1. The highest BCUT2D eigenvalue weighted by atomic mass is 35.5. The third-order valence-electron chi connectivity index (χ3n) is 7.70. The maximum atomic E-state index is 6.49. The molecule has 1 aliphatic heterocycles. The highest BCUT2D eigenvalue weighted by molar-refractivity contribution is 7.22. The molecule has 1 fully saturated rings. The van der Waals surface area contributed by atoms with Crippen molar-refractivity contribution >= 4 is 50.0 Å². The summed E-state index contributed by atoms with van der Waals surface area (Å²) >= 11 is 7.97. The first kappa shape index (κ1) is 28.1. The minimum absolute atomic E-state index is 0.105. The summed E-state index contributed by atoms with van der Waals surface area (Å²) in [7, 11) is 4.16. The summed E-state index contributed by atoms with van der Waals surface area (Å²) in [4.78, 5) is 15.0. The summed E-state index contributed by atoms with van der Waals surface area (Å²) in [5, 5.41) is 6.48. The van der Waals surface area contributed by atoms with Gasteiger partial charge in [0.15, 0.2) is 5.82 Å². The SMILES string of the molecule is Cc1cc2nc(-c3ccc4c(n3)c(N3CCN(C)CC3)nn4C)sc2c(-c2ccc(Cl)cc2)c1[C@@H](C)OC(C)(C)C. The molecule has 9 heteroatoms. The number of benzene rings is 2. The predicted molar refractivity (Wildman–Crippen MR) is 171 cm³/mol. The van der Waals surface area contributed by atoms with Gasteiger partial charge in [-0.25, -0.2) is 9.97 Å². The molecule has 0 unspecified atom stereocenters. The minimum atomic E-state index is -0.276. The number of aromatic nitrogens is 4. The van der Waals surface area contributed by atoms with Crippen molar-refractivity contribution in [2.75, 3.05) is 38.1 Å². The van der Waals surface area contributed by atoms with Gasteiger partial charge in [0, 0.05) is 43.8 Å². The smallest absolute Gasteiger partial charge is 0.177 e. The first-order valence-electron chi connectivity index (χ1n) is 14.1. The Morgan fingerprint density at radius 1 is 0.976 bits per heavy atom. The van der Waals surface area contributed by atoms with E-state index in [1.54, 1.807) is 11.3 Å². The molecule has 4 heterocycles. The molecule has 214 valence electrons. The number of hydrogen-bond acceptors (Lipinski definition) is 7. The fourth-order valence-corrected chi connectivity index (χ4v) is 7.03. The van der Waals surface area contributed by atoms with E-state index in [1.165, 1.54) is 5.56 Å². The summed E-state index contributed by atoms with van der Waals surface area (Å²) in [6.07, 6.45) is -0.105. The van der Waals surface area contributed by atoms with Crippen LogP contribution in [-0.2, 0) is 11.8 Å². The van der Waals surface area contributed by atoms with Gasteiger partial charge in [-0.2, -0.15) is 5.10 Å². The summed E-state index contributed by atoms with van der Waals surface area (Å²) in [6.45, 7) is 14.5. The number of halogens is 1. The summed E-state index contributed by atoms with van der Waals surface area (Å²) in [5.74, 6) is 0.951. The number of hydrogen-bond donors (Lipinski definition) is 0. The van der Waals surface area contributed by atoms with Crippen LogP contribution in [0.25, 0.3) is 43.1 Å². The molecule has 0 bridgehead atoms. The first-order valence-corrected chi connectivity index (χ1v) is 15.3. The van der Waals surface area contributed by atoms with Crippen LogP contribution in [0, 0.1) is 6.92 Å². The van der Waals surface area contributed by atoms with E-state index >= 15 is 0 Å². The number of piperazine rings is 1. The molecule has 0 amide bonds. The molecule has 0 spiro atoms. The third kappa shape index (κ3) is 5.46. The molecule has 1 aliphatic rings. The van der Waals surface area contributed by atoms with Crippen LogP contribution >= 0.6 is 22.9 Å². The van der Waals surface area contributed by atoms with Crippen molar-refractivity contribution in [3.63, 3.8) is 0 Å². The van der Waals surface area contributed by atoms with E-state index in [9.17, 15) is 0 Å². The minimum Gasteiger partial charge on any atom is -0.368 e. The van der Waals surface area contributed by atoms with Gasteiger partial charge < -0.3 is 14.5 Å². The Bertz CT molecular complexity index is 1730.